The monoisotopic (exact) mass is 475 g/mol. The van der Waals surface area contributed by atoms with Crippen LogP contribution in [-0.4, -0.2) is 42.6 Å². The maximum Gasteiger partial charge on any atom is 0.332 e. The van der Waals surface area contributed by atoms with Crippen LogP contribution in [0.25, 0.3) is 11.2 Å². The zero-order valence-electron chi connectivity index (χ0n) is 17.7. The molecule has 8 nitrogen and oxygen atoms in total. The Morgan fingerprint density at radius 1 is 1.17 bits per heavy atom. The summed E-state index contributed by atoms with van der Waals surface area (Å²) in [6.07, 6.45) is 1.35. The zero-order valence-corrected chi connectivity index (χ0v) is 19.3. The second-order valence-electron chi connectivity index (χ2n) is 7.38. The molecule has 0 bridgehead atoms. The maximum absolute atomic E-state index is 13.0. The molecule has 0 saturated heterocycles. The van der Waals surface area contributed by atoms with Gasteiger partial charge in [0.15, 0.2) is 11.2 Å². The molecular weight excluding hydrogens is 450 g/mol. The highest BCUT2D eigenvalue weighted by atomic mass is 79.9. The van der Waals surface area contributed by atoms with Crippen LogP contribution in [0.3, 0.4) is 0 Å². The molecule has 2 heterocycles. The van der Waals surface area contributed by atoms with Crippen LogP contribution in [0, 0.1) is 0 Å². The molecule has 0 aliphatic heterocycles. The number of nitrogens with zero attached hydrogens (tertiary/aromatic N) is 5. The number of imidazole rings is 1. The van der Waals surface area contributed by atoms with E-state index in [1.54, 1.807) is 18.9 Å². The Bertz CT molecular complexity index is 1210. The molecule has 0 N–H and O–H groups in total. The number of rotatable bonds is 7. The number of carbonyl (C=O) groups is 1. The predicted molar refractivity (Wildman–Crippen MR) is 120 cm³/mol. The van der Waals surface area contributed by atoms with Crippen LogP contribution in [0.4, 0.5) is 0 Å². The normalized spacial score (nSPS) is 11.2. The predicted octanol–water partition coefficient (Wildman–Crippen LogP) is 2.05. The van der Waals surface area contributed by atoms with Gasteiger partial charge in [-0.1, -0.05) is 35.0 Å². The van der Waals surface area contributed by atoms with Crippen LogP contribution in [-0.2, 0) is 31.9 Å². The number of hydrogen-bond donors (Lipinski definition) is 0. The standard InChI is InChI=1S/C21H26BrN5O3/c1-5-10-26(14(2)28)11-9-17-23-19-18(20(29)25(4)21(30)24(19)3)27(17)13-15-7-6-8-16(22)12-15/h6-8,12H,5,9-11,13H2,1-4H3. The molecule has 3 rings (SSSR count). The quantitative estimate of drug-likeness (QED) is 0.523. The van der Waals surface area contributed by atoms with Crippen LogP contribution < -0.4 is 11.2 Å². The van der Waals surface area contributed by atoms with Gasteiger partial charge in [0.1, 0.15) is 5.82 Å². The lowest BCUT2D eigenvalue weighted by atomic mass is 10.2. The highest BCUT2D eigenvalue weighted by Gasteiger charge is 2.20. The average molecular weight is 476 g/mol. The second kappa shape index (κ2) is 8.99. The van der Waals surface area contributed by atoms with E-state index >= 15 is 0 Å². The lowest BCUT2D eigenvalue weighted by Crippen LogP contribution is -2.37. The molecule has 1 amide bonds. The van der Waals surface area contributed by atoms with Crippen LogP contribution in [0.2, 0.25) is 0 Å². The van der Waals surface area contributed by atoms with Crippen LogP contribution >= 0.6 is 15.9 Å². The molecule has 2 aromatic heterocycles. The summed E-state index contributed by atoms with van der Waals surface area (Å²) in [4.78, 5) is 43.7. The first-order valence-corrected chi connectivity index (χ1v) is 10.7. The summed E-state index contributed by atoms with van der Waals surface area (Å²) in [6.45, 7) is 5.19. The molecule has 0 saturated carbocycles. The van der Waals surface area contributed by atoms with Crippen molar-refractivity contribution < 1.29 is 4.79 Å². The van der Waals surface area contributed by atoms with Crippen molar-refractivity contribution in [3.63, 3.8) is 0 Å². The largest absolute Gasteiger partial charge is 0.343 e. The Labute approximate surface area is 182 Å². The first-order valence-electron chi connectivity index (χ1n) is 9.89. The first kappa shape index (κ1) is 22.0. The number of aromatic nitrogens is 4. The van der Waals surface area contributed by atoms with Crippen molar-refractivity contribution in [2.75, 3.05) is 13.1 Å². The van der Waals surface area contributed by atoms with E-state index in [2.05, 4.69) is 20.9 Å². The van der Waals surface area contributed by atoms with E-state index in [1.807, 2.05) is 35.8 Å². The van der Waals surface area contributed by atoms with Crippen molar-refractivity contribution in [1.82, 2.24) is 23.6 Å². The number of fused-ring (bicyclic) bond motifs is 1. The van der Waals surface area contributed by atoms with Crippen molar-refractivity contribution in [3.8, 4) is 0 Å². The molecule has 9 heteroatoms. The van der Waals surface area contributed by atoms with Gasteiger partial charge in [-0.2, -0.15) is 0 Å². The highest BCUT2D eigenvalue weighted by Crippen LogP contribution is 2.18. The minimum atomic E-state index is -0.414. The Kier molecular flexibility index (Phi) is 6.60. The lowest BCUT2D eigenvalue weighted by molar-refractivity contribution is -0.128. The number of hydrogen-bond acceptors (Lipinski definition) is 4. The number of halogens is 1. The molecule has 0 fully saturated rings. The maximum atomic E-state index is 13.0. The van der Waals surface area contributed by atoms with E-state index < -0.39 is 5.69 Å². The van der Waals surface area contributed by atoms with Crippen molar-refractivity contribution in [1.29, 1.82) is 0 Å². The van der Waals surface area contributed by atoms with Gasteiger partial charge in [-0.05, 0) is 24.1 Å². The van der Waals surface area contributed by atoms with Gasteiger partial charge in [-0.25, -0.2) is 9.78 Å². The molecular formula is C21H26BrN5O3. The van der Waals surface area contributed by atoms with Gasteiger partial charge < -0.3 is 9.47 Å². The molecule has 0 atom stereocenters. The number of benzene rings is 1. The third-order valence-electron chi connectivity index (χ3n) is 5.20. The van der Waals surface area contributed by atoms with E-state index in [1.165, 1.54) is 11.6 Å². The van der Waals surface area contributed by atoms with E-state index in [4.69, 9.17) is 0 Å². The fraction of sp³-hybridized carbons (Fsp3) is 0.429. The van der Waals surface area contributed by atoms with Crippen molar-refractivity contribution in [3.05, 3.63) is 61.0 Å². The summed E-state index contributed by atoms with van der Waals surface area (Å²) in [5, 5.41) is 0. The molecule has 30 heavy (non-hydrogen) atoms. The van der Waals surface area contributed by atoms with E-state index in [9.17, 15) is 14.4 Å². The van der Waals surface area contributed by atoms with Crippen molar-refractivity contribution >= 4 is 33.0 Å². The van der Waals surface area contributed by atoms with Gasteiger partial charge in [-0.3, -0.25) is 18.7 Å². The fourth-order valence-electron chi connectivity index (χ4n) is 3.60. The third-order valence-corrected chi connectivity index (χ3v) is 5.69. The summed E-state index contributed by atoms with van der Waals surface area (Å²) >= 11 is 3.48. The molecule has 0 spiro atoms. The summed E-state index contributed by atoms with van der Waals surface area (Å²) in [5.74, 6) is 0.681. The van der Waals surface area contributed by atoms with E-state index in [0.717, 1.165) is 21.0 Å². The summed E-state index contributed by atoms with van der Waals surface area (Å²) in [6, 6.07) is 7.84. The van der Waals surface area contributed by atoms with Crippen LogP contribution in [0.1, 0.15) is 31.7 Å². The van der Waals surface area contributed by atoms with Gasteiger partial charge in [0.2, 0.25) is 5.91 Å². The van der Waals surface area contributed by atoms with Crippen molar-refractivity contribution in [2.45, 2.75) is 33.2 Å². The van der Waals surface area contributed by atoms with Crippen LogP contribution in [0.15, 0.2) is 38.3 Å². The Balaban J connectivity index is 2.14. The Morgan fingerprint density at radius 3 is 2.53 bits per heavy atom. The molecule has 0 aliphatic rings. The molecule has 0 unspecified atom stereocenters. The Morgan fingerprint density at radius 2 is 1.90 bits per heavy atom. The molecule has 0 radical (unpaired) electrons. The third kappa shape index (κ3) is 4.26. The summed E-state index contributed by atoms with van der Waals surface area (Å²) < 4.78 is 5.30. The van der Waals surface area contributed by atoms with Gasteiger partial charge in [0, 0.05) is 51.5 Å². The van der Waals surface area contributed by atoms with Crippen molar-refractivity contribution in [2.24, 2.45) is 14.1 Å². The molecule has 0 aliphatic carbocycles. The smallest absolute Gasteiger partial charge is 0.332 e. The summed E-state index contributed by atoms with van der Waals surface area (Å²) in [5.41, 5.74) is 0.955. The molecule has 1 aromatic carbocycles. The first-order chi connectivity index (χ1) is 14.2. The summed E-state index contributed by atoms with van der Waals surface area (Å²) in [7, 11) is 3.09. The SMILES string of the molecule is CCCN(CCc1nc2c(c(=O)n(C)c(=O)n2C)n1Cc1cccc(Br)c1)C(C)=O. The zero-order chi connectivity index (χ0) is 22.0. The van der Waals surface area contributed by atoms with Gasteiger partial charge >= 0.3 is 5.69 Å². The fourth-order valence-corrected chi connectivity index (χ4v) is 4.05. The average Bonchev–Trinajstić information content (AvgIpc) is 3.06. The number of carbonyl (C=O) groups excluding carboxylic acids is 1. The number of aryl methyl sites for hydroxylation is 1. The number of amides is 1. The highest BCUT2D eigenvalue weighted by molar-refractivity contribution is 9.10. The van der Waals surface area contributed by atoms with E-state index in [-0.39, 0.29) is 11.5 Å². The molecule has 160 valence electrons. The topological polar surface area (TPSA) is 82.1 Å². The van der Waals surface area contributed by atoms with Gasteiger partial charge in [-0.15, -0.1) is 0 Å². The Hall–Kier alpha value is -2.68. The van der Waals surface area contributed by atoms with E-state index in [0.29, 0.717) is 43.0 Å². The molecule has 3 aromatic rings. The van der Waals surface area contributed by atoms with Crippen LogP contribution in [0.5, 0.6) is 0 Å². The van der Waals surface area contributed by atoms with Gasteiger partial charge in [0.05, 0.1) is 0 Å². The lowest BCUT2D eigenvalue weighted by Gasteiger charge is -2.20. The minimum Gasteiger partial charge on any atom is -0.343 e. The minimum absolute atomic E-state index is 0.00909. The van der Waals surface area contributed by atoms with Gasteiger partial charge in [0.25, 0.3) is 5.56 Å². The second-order valence-corrected chi connectivity index (χ2v) is 8.29.